The molecule has 1 unspecified atom stereocenters. The molecule has 90 valence electrons. The Labute approximate surface area is 106 Å². The number of anilines is 2. The van der Waals surface area contributed by atoms with Crippen molar-refractivity contribution in [3.63, 3.8) is 0 Å². The number of nitrogens with two attached hydrogens (primary N) is 1. The number of aromatic nitrogens is 1. The third-order valence-electron chi connectivity index (χ3n) is 2.77. The molecular formula is C13H17N3S. The van der Waals surface area contributed by atoms with Crippen LogP contribution in [-0.2, 0) is 0 Å². The maximum atomic E-state index is 5.81. The number of nitrogens with zero attached hydrogens (tertiary/aromatic N) is 1. The quantitative estimate of drug-likeness (QED) is 0.812. The van der Waals surface area contributed by atoms with Crippen LogP contribution in [0.25, 0.3) is 0 Å². The van der Waals surface area contributed by atoms with E-state index >= 15 is 0 Å². The molecule has 1 aromatic heterocycles. The van der Waals surface area contributed by atoms with Crippen LogP contribution in [0.15, 0.2) is 29.8 Å². The zero-order valence-corrected chi connectivity index (χ0v) is 10.9. The summed E-state index contributed by atoms with van der Waals surface area (Å²) in [6, 6.07) is 6.30. The third kappa shape index (κ3) is 2.77. The van der Waals surface area contributed by atoms with Crippen molar-refractivity contribution < 1.29 is 0 Å². The Morgan fingerprint density at radius 2 is 2.29 bits per heavy atom. The Morgan fingerprint density at radius 3 is 2.88 bits per heavy atom. The van der Waals surface area contributed by atoms with Crippen LogP contribution in [0, 0.1) is 6.92 Å². The topological polar surface area (TPSA) is 50.9 Å². The Balaban J connectivity index is 2.16. The monoisotopic (exact) mass is 247 g/mol. The predicted molar refractivity (Wildman–Crippen MR) is 74.4 cm³/mol. The molecule has 4 heteroatoms. The minimum Gasteiger partial charge on any atom is -0.399 e. The molecule has 1 atom stereocenters. The number of benzene rings is 1. The van der Waals surface area contributed by atoms with Gasteiger partial charge in [0.15, 0.2) is 0 Å². The second-order valence-corrected chi connectivity index (χ2v) is 4.97. The first-order chi connectivity index (χ1) is 8.20. The highest BCUT2D eigenvalue weighted by Gasteiger charge is 2.11. The van der Waals surface area contributed by atoms with E-state index < -0.39 is 0 Å². The molecule has 0 amide bonds. The van der Waals surface area contributed by atoms with E-state index in [2.05, 4.69) is 23.3 Å². The average Bonchev–Trinajstić information content (AvgIpc) is 2.84. The first-order valence-corrected chi connectivity index (χ1v) is 6.60. The number of rotatable bonds is 4. The highest BCUT2D eigenvalue weighted by molar-refractivity contribution is 7.09. The molecule has 0 spiro atoms. The van der Waals surface area contributed by atoms with Gasteiger partial charge in [-0.1, -0.05) is 6.92 Å². The first kappa shape index (κ1) is 11.9. The zero-order valence-electron chi connectivity index (χ0n) is 10.1. The van der Waals surface area contributed by atoms with E-state index in [0.29, 0.717) is 0 Å². The first-order valence-electron chi connectivity index (χ1n) is 5.72. The fourth-order valence-electron chi connectivity index (χ4n) is 1.71. The molecule has 2 rings (SSSR count). The van der Waals surface area contributed by atoms with E-state index in [1.165, 1.54) is 0 Å². The standard InChI is InChI=1S/C13H17N3S/c1-3-12(13-15-6-7-17-13)16-10-4-5-11(14)9(2)8-10/h4-8,12,16H,3,14H2,1-2H3. The molecule has 0 aliphatic carbocycles. The minimum absolute atomic E-state index is 0.276. The van der Waals surface area contributed by atoms with Gasteiger partial charge in [0, 0.05) is 23.0 Å². The van der Waals surface area contributed by atoms with E-state index in [9.17, 15) is 0 Å². The molecule has 2 aromatic rings. The van der Waals surface area contributed by atoms with Gasteiger partial charge in [0.05, 0.1) is 6.04 Å². The smallest absolute Gasteiger partial charge is 0.115 e. The van der Waals surface area contributed by atoms with Gasteiger partial charge >= 0.3 is 0 Å². The van der Waals surface area contributed by atoms with Crippen molar-refractivity contribution in [3.05, 3.63) is 40.3 Å². The molecule has 0 saturated heterocycles. The Morgan fingerprint density at radius 1 is 1.47 bits per heavy atom. The predicted octanol–water partition coefficient (Wildman–Crippen LogP) is 3.60. The molecule has 3 nitrogen and oxygen atoms in total. The summed E-state index contributed by atoms with van der Waals surface area (Å²) in [7, 11) is 0. The van der Waals surface area contributed by atoms with E-state index in [1.54, 1.807) is 11.3 Å². The average molecular weight is 247 g/mol. The van der Waals surface area contributed by atoms with Crippen molar-refractivity contribution in [1.29, 1.82) is 0 Å². The largest absolute Gasteiger partial charge is 0.399 e. The normalized spacial score (nSPS) is 12.4. The fourth-order valence-corrected chi connectivity index (χ4v) is 2.48. The Bertz CT molecular complexity index is 479. The van der Waals surface area contributed by atoms with Gasteiger partial charge in [-0.15, -0.1) is 11.3 Å². The summed E-state index contributed by atoms with van der Waals surface area (Å²) < 4.78 is 0. The van der Waals surface area contributed by atoms with Crippen LogP contribution in [-0.4, -0.2) is 4.98 Å². The molecule has 0 fully saturated rings. The number of aryl methyl sites for hydroxylation is 1. The maximum absolute atomic E-state index is 5.81. The molecule has 0 radical (unpaired) electrons. The van der Waals surface area contributed by atoms with Crippen LogP contribution < -0.4 is 11.1 Å². The van der Waals surface area contributed by atoms with Gasteiger partial charge in [0.2, 0.25) is 0 Å². The third-order valence-corrected chi connectivity index (χ3v) is 3.66. The van der Waals surface area contributed by atoms with Crippen molar-refractivity contribution in [1.82, 2.24) is 4.98 Å². The molecule has 0 aliphatic heterocycles. The van der Waals surface area contributed by atoms with Gasteiger partial charge in [0.25, 0.3) is 0 Å². The van der Waals surface area contributed by atoms with Crippen LogP contribution in [0.2, 0.25) is 0 Å². The van der Waals surface area contributed by atoms with Gasteiger partial charge in [0.1, 0.15) is 5.01 Å². The van der Waals surface area contributed by atoms with Crippen LogP contribution in [0.3, 0.4) is 0 Å². The van der Waals surface area contributed by atoms with Crippen LogP contribution >= 0.6 is 11.3 Å². The summed E-state index contributed by atoms with van der Waals surface area (Å²) >= 11 is 1.68. The van der Waals surface area contributed by atoms with E-state index in [0.717, 1.165) is 28.4 Å². The summed E-state index contributed by atoms with van der Waals surface area (Å²) in [4.78, 5) is 4.35. The van der Waals surface area contributed by atoms with Gasteiger partial charge in [-0.3, -0.25) is 0 Å². The van der Waals surface area contributed by atoms with Crippen molar-refractivity contribution in [2.75, 3.05) is 11.1 Å². The van der Waals surface area contributed by atoms with Crippen molar-refractivity contribution >= 4 is 22.7 Å². The van der Waals surface area contributed by atoms with Gasteiger partial charge in [-0.2, -0.15) is 0 Å². The number of nitrogen functional groups attached to an aromatic ring is 1. The number of hydrogen-bond donors (Lipinski definition) is 2. The SMILES string of the molecule is CCC(Nc1ccc(N)c(C)c1)c1nccs1. The minimum atomic E-state index is 0.276. The summed E-state index contributed by atoms with van der Waals surface area (Å²) in [6.45, 7) is 4.17. The zero-order chi connectivity index (χ0) is 12.3. The fraction of sp³-hybridized carbons (Fsp3) is 0.308. The molecule has 1 heterocycles. The second-order valence-electron chi connectivity index (χ2n) is 4.05. The molecular weight excluding hydrogens is 230 g/mol. The van der Waals surface area contributed by atoms with Gasteiger partial charge in [-0.05, 0) is 37.1 Å². The molecule has 0 bridgehead atoms. The Hall–Kier alpha value is -1.55. The molecule has 0 saturated carbocycles. The number of thiazole rings is 1. The van der Waals surface area contributed by atoms with Crippen LogP contribution in [0.5, 0.6) is 0 Å². The summed E-state index contributed by atoms with van der Waals surface area (Å²) in [5.41, 5.74) is 8.84. The lowest BCUT2D eigenvalue weighted by Gasteiger charge is -2.16. The highest BCUT2D eigenvalue weighted by Crippen LogP contribution is 2.25. The highest BCUT2D eigenvalue weighted by atomic mass is 32.1. The summed E-state index contributed by atoms with van der Waals surface area (Å²) in [5.74, 6) is 0. The summed E-state index contributed by atoms with van der Waals surface area (Å²) in [6.07, 6.45) is 2.86. The van der Waals surface area contributed by atoms with Crippen molar-refractivity contribution in [2.45, 2.75) is 26.3 Å². The van der Waals surface area contributed by atoms with Gasteiger partial charge in [-0.25, -0.2) is 4.98 Å². The van der Waals surface area contributed by atoms with E-state index in [-0.39, 0.29) is 6.04 Å². The second kappa shape index (κ2) is 5.19. The Kier molecular flexibility index (Phi) is 3.64. The molecule has 17 heavy (non-hydrogen) atoms. The van der Waals surface area contributed by atoms with E-state index in [1.807, 2.05) is 30.6 Å². The van der Waals surface area contributed by atoms with Crippen molar-refractivity contribution in [2.24, 2.45) is 0 Å². The molecule has 0 aliphatic rings. The number of hydrogen-bond acceptors (Lipinski definition) is 4. The lowest BCUT2D eigenvalue weighted by atomic mass is 10.1. The number of nitrogens with one attached hydrogen (secondary N) is 1. The van der Waals surface area contributed by atoms with E-state index in [4.69, 9.17) is 5.73 Å². The van der Waals surface area contributed by atoms with Crippen LogP contribution in [0.1, 0.15) is 30.0 Å². The lowest BCUT2D eigenvalue weighted by Crippen LogP contribution is -2.09. The molecule has 1 aromatic carbocycles. The lowest BCUT2D eigenvalue weighted by molar-refractivity contribution is 0.742. The molecule has 3 N–H and O–H groups in total. The summed E-state index contributed by atoms with van der Waals surface area (Å²) in [5, 5.41) is 6.63. The van der Waals surface area contributed by atoms with Crippen LogP contribution in [0.4, 0.5) is 11.4 Å². The van der Waals surface area contributed by atoms with Gasteiger partial charge < -0.3 is 11.1 Å². The van der Waals surface area contributed by atoms with Crippen molar-refractivity contribution in [3.8, 4) is 0 Å². The maximum Gasteiger partial charge on any atom is 0.115 e.